The molecule has 4 aromatic heterocycles. The van der Waals surface area contributed by atoms with Crippen molar-refractivity contribution in [1.29, 1.82) is 0 Å². The van der Waals surface area contributed by atoms with E-state index in [0.29, 0.717) is 35.8 Å². The molecule has 26 heteroatoms. The van der Waals surface area contributed by atoms with Gasteiger partial charge in [0.15, 0.2) is 58.8 Å². The maximum Gasteiger partial charge on any atom is 0.325 e. The van der Waals surface area contributed by atoms with Crippen LogP contribution in [-0.2, 0) is 51.2 Å². The van der Waals surface area contributed by atoms with Crippen molar-refractivity contribution >= 4 is 71.0 Å². The monoisotopic (exact) mass is 780 g/mol. The lowest BCUT2D eigenvalue weighted by atomic mass is 10.1. The maximum atomic E-state index is 16.2. The zero-order chi connectivity index (χ0) is 33.2. The van der Waals surface area contributed by atoms with Gasteiger partial charge in [-0.2, -0.15) is 0 Å². The van der Waals surface area contributed by atoms with E-state index in [1.807, 2.05) is 12.2 Å². The third-order valence-corrected chi connectivity index (χ3v) is 11.2. The highest BCUT2D eigenvalue weighted by molar-refractivity contribution is 8.07. The summed E-state index contributed by atoms with van der Waals surface area (Å²) in [6.45, 7) is -8.93. The second-order valence-electron chi connectivity index (χ2n) is 11.0. The molecule has 5 aliphatic rings. The number of fused-ring (bicyclic) bond motifs is 10. The molecule has 0 amide bonds. The Hall–Kier alpha value is -2.80. The zero-order valence-corrected chi connectivity index (χ0v) is 29.1. The van der Waals surface area contributed by atoms with Crippen molar-refractivity contribution < 1.29 is 46.1 Å². The number of aromatic nitrogens is 8. The molecule has 20 nitrogen and oxygen atoms in total. The van der Waals surface area contributed by atoms with Crippen molar-refractivity contribution in [3.8, 4) is 0 Å². The molecule has 10 N–H and O–H groups in total. The number of anilines is 2. The van der Waals surface area contributed by atoms with Crippen LogP contribution in [0.4, 0.5) is 20.4 Å². The molecular weight excluding hydrogens is 748 g/mol. The minimum atomic E-state index is -4.24. The molecule has 10 atom stereocenters. The number of hydrogen-bond donors (Lipinski definition) is 6. The largest absolute Gasteiger partial charge is 0.365 e. The molecule has 0 radical (unpaired) electrons. The van der Waals surface area contributed by atoms with Crippen LogP contribution < -0.4 is 22.9 Å². The van der Waals surface area contributed by atoms with Crippen molar-refractivity contribution in [1.82, 2.24) is 51.3 Å². The number of alkyl halides is 2. The number of imidazole rings is 2. The molecule has 14 bridgehead atoms. The van der Waals surface area contributed by atoms with Crippen molar-refractivity contribution in [2.75, 3.05) is 36.9 Å². The Morgan fingerprint density at radius 1 is 0.700 bits per heavy atom. The number of nitrogens with one attached hydrogen (secondary N) is 2. The fourth-order valence-corrected chi connectivity index (χ4v) is 8.75. The van der Waals surface area contributed by atoms with Gasteiger partial charge in [0.25, 0.3) is 0 Å². The lowest BCUT2D eigenvalue weighted by molar-refractivity contribution is -0.0583. The van der Waals surface area contributed by atoms with E-state index < -0.39 is 75.9 Å². The van der Waals surface area contributed by atoms with Crippen LogP contribution in [0.5, 0.6) is 0 Å². The van der Waals surface area contributed by atoms with E-state index in [9.17, 15) is 9.79 Å². The van der Waals surface area contributed by atoms with Gasteiger partial charge in [0, 0.05) is 13.1 Å². The summed E-state index contributed by atoms with van der Waals surface area (Å²) in [5, 5.41) is 6.30. The molecule has 0 aromatic carbocycles. The molecule has 0 aliphatic carbocycles. The van der Waals surface area contributed by atoms with Gasteiger partial charge in [-0.1, -0.05) is 12.2 Å². The second-order valence-corrected chi connectivity index (χ2v) is 16.6. The maximum absolute atomic E-state index is 16.2. The summed E-state index contributed by atoms with van der Waals surface area (Å²) in [7, 11) is 0. The van der Waals surface area contributed by atoms with Crippen molar-refractivity contribution in [2.24, 2.45) is 0 Å². The summed E-state index contributed by atoms with van der Waals surface area (Å²) in [5.41, 5.74) is 1.12. The number of ether oxygens (including phenoxy) is 2. The molecule has 3 saturated heterocycles. The van der Waals surface area contributed by atoms with Gasteiger partial charge in [-0.15, -0.1) is 0 Å². The summed E-state index contributed by atoms with van der Waals surface area (Å²) in [6.07, 6.45) is -3.54. The van der Waals surface area contributed by atoms with Gasteiger partial charge in [-0.3, -0.25) is 18.2 Å². The highest BCUT2D eigenvalue weighted by atomic mass is 32.5. The Kier molecular flexibility index (Phi) is 10.6. The summed E-state index contributed by atoms with van der Waals surface area (Å²) in [6, 6.07) is 0. The van der Waals surface area contributed by atoms with E-state index in [1.165, 1.54) is 34.4 Å². The average molecular weight is 781 g/mol. The van der Waals surface area contributed by atoms with Crippen LogP contribution in [0.15, 0.2) is 37.5 Å². The van der Waals surface area contributed by atoms with Gasteiger partial charge in [-0.05, 0) is 23.6 Å². The molecular formula is C24H32F2N12O8P2S2. The Balaban J connectivity index is 0.00000216. The highest BCUT2D eigenvalue weighted by Gasteiger charge is 2.53. The van der Waals surface area contributed by atoms with Crippen molar-refractivity contribution in [3.63, 3.8) is 0 Å². The van der Waals surface area contributed by atoms with E-state index in [-0.39, 0.29) is 23.6 Å². The summed E-state index contributed by atoms with van der Waals surface area (Å²) in [4.78, 5) is 47.9. The fourth-order valence-electron chi connectivity index (χ4n) is 5.87. The van der Waals surface area contributed by atoms with Crippen LogP contribution in [0.25, 0.3) is 22.3 Å². The smallest absolute Gasteiger partial charge is 0.325 e. The van der Waals surface area contributed by atoms with Crippen LogP contribution in [-0.4, -0.2) is 112 Å². The van der Waals surface area contributed by atoms with Gasteiger partial charge >= 0.3 is 13.4 Å². The third kappa shape index (κ3) is 6.77. The quantitative estimate of drug-likeness (QED) is 0.110. The lowest BCUT2D eigenvalue weighted by Gasteiger charge is -2.29. The zero-order valence-electron chi connectivity index (χ0n) is 25.7. The minimum absolute atomic E-state index is 0. The fraction of sp³-hybridized carbons (Fsp3) is 0.500. The third-order valence-electron chi connectivity index (χ3n) is 8.05. The number of rotatable bonds is 0. The normalized spacial score (nSPS) is 36.5. The lowest BCUT2D eigenvalue weighted by Crippen LogP contribution is -2.37. The predicted octanol–water partition coefficient (Wildman–Crippen LogP) is 2.11. The molecule has 4 aromatic rings. The molecule has 0 saturated carbocycles. The molecule has 2 unspecified atom stereocenters. The summed E-state index contributed by atoms with van der Waals surface area (Å²) in [5.74, 6) is 0.763. The topological polar surface area (TPSA) is 277 Å². The van der Waals surface area contributed by atoms with Crippen LogP contribution in [0.3, 0.4) is 0 Å². The van der Waals surface area contributed by atoms with Gasteiger partial charge in [0.2, 0.25) is 0 Å². The first-order chi connectivity index (χ1) is 23.1. The summed E-state index contributed by atoms with van der Waals surface area (Å²) >= 11 is 10.5. The first kappa shape index (κ1) is 37.0. The van der Waals surface area contributed by atoms with Crippen LogP contribution in [0.2, 0.25) is 0 Å². The van der Waals surface area contributed by atoms with E-state index >= 15 is 8.78 Å². The number of halogens is 2. The standard InChI is InChI=1S/C24H26F2N10O8P2S2.2H3N/c25-13-17-11-5-39-46(38,48)44-18-12(6-40-45(37,47)43-17)42-24(14(18)26)36-10-34-16-20(30-8-32-22(16)36)28-4-2-1-3-27-19-15-21(31-7-29-19)35(9-33-15)23(13)41-11;;/h1-2,7-14,17-18,23-24H,3-6H2,(H,37,47)(H,38,48)(H,27,29,31)(H,28,30,32);2*1H3/b2-1-;;/t11-,12-,13-,14-,17-,18-,23-,24-,45?,46?;;/m1../s1. The first-order valence-electron chi connectivity index (χ1n) is 14.5. The van der Waals surface area contributed by atoms with Crippen molar-refractivity contribution in [2.45, 2.75) is 49.2 Å². The molecule has 0 spiro atoms. The molecule has 5 aliphatic heterocycles. The van der Waals surface area contributed by atoms with Crippen molar-refractivity contribution in [3.05, 3.63) is 37.5 Å². The molecule has 272 valence electrons. The Bertz CT molecular complexity index is 1860. The van der Waals surface area contributed by atoms with E-state index in [0.717, 1.165) is 0 Å². The predicted molar refractivity (Wildman–Crippen MR) is 179 cm³/mol. The van der Waals surface area contributed by atoms with E-state index in [4.69, 9.17) is 51.2 Å². The van der Waals surface area contributed by atoms with E-state index in [2.05, 4.69) is 40.5 Å². The van der Waals surface area contributed by atoms with Crippen LogP contribution in [0.1, 0.15) is 12.5 Å². The van der Waals surface area contributed by atoms with Gasteiger partial charge in [-0.25, -0.2) is 38.7 Å². The molecule has 50 heavy (non-hydrogen) atoms. The average Bonchev–Trinajstić information content (AvgIpc) is 3.81. The molecule has 9 rings (SSSR count). The molecule has 3 fully saturated rings. The van der Waals surface area contributed by atoms with Crippen LogP contribution >= 0.6 is 13.4 Å². The van der Waals surface area contributed by atoms with Gasteiger partial charge in [0.1, 0.15) is 37.1 Å². The molecule has 9 heterocycles. The Morgan fingerprint density at radius 3 is 1.54 bits per heavy atom. The highest BCUT2D eigenvalue weighted by Crippen LogP contribution is 2.54. The Morgan fingerprint density at radius 2 is 1.12 bits per heavy atom. The first-order valence-corrected chi connectivity index (χ1v) is 19.6. The minimum Gasteiger partial charge on any atom is -0.365 e. The SMILES string of the molecule is N.N.OP1(=S)OC[C@H]2O[C@@H]3[C@H](F)[C@@H]2OP(O)(=S)OC[C@H]2O[C@H]([C@H](F)[C@@H]2O1)n1cnc2c(ncnc21)NC/C=C\CNc1ncnc2c1ncn23. The summed E-state index contributed by atoms with van der Waals surface area (Å²) < 4.78 is 69.5. The van der Waals surface area contributed by atoms with E-state index in [1.54, 1.807) is 0 Å². The number of nitrogens with zero attached hydrogens (tertiary/aromatic N) is 8. The Labute approximate surface area is 291 Å². The second kappa shape index (κ2) is 14.3. The van der Waals surface area contributed by atoms with Gasteiger partial charge in [0.05, 0.1) is 25.9 Å². The van der Waals surface area contributed by atoms with Crippen LogP contribution in [0, 0.1) is 0 Å². The van der Waals surface area contributed by atoms with Gasteiger partial charge < -0.3 is 51.2 Å². The number of hydrogen-bond acceptors (Lipinski definition) is 18.